The van der Waals surface area contributed by atoms with Crippen LogP contribution in [0, 0.1) is 0 Å². The highest BCUT2D eigenvalue weighted by molar-refractivity contribution is 6.03. The van der Waals surface area contributed by atoms with Crippen LogP contribution < -0.4 is 20.5 Å². The lowest BCUT2D eigenvalue weighted by atomic mass is 9.80. The first-order valence-electron chi connectivity index (χ1n) is 15.6. The molecular weight excluding hydrogens is 618 g/mol. The van der Waals surface area contributed by atoms with Gasteiger partial charge in [-0.15, -0.1) is 0 Å². The van der Waals surface area contributed by atoms with Crippen molar-refractivity contribution in [3.63, 3.8) is 0 Å². The van der Waals surface area contributed by atoms with E-state index in [1.165, 1.54) is 4.57 Å². The molecule has 246 valence electrons. The van der Waals surface area contributed by atoms with Gasteiger partial charge in [0.25, 0.3) is 5.91 Å². The summed E-state index contributed by atoms with van der Waals surface area (Å²) in [5.41, 5.74) is 3.23. The summed E-state index contributed by atoms with van der Waals surface area (Å²) in [6.45, 7) is -0.143. The topological polar surface area (TPSA) is 112 Å². The number of benzene rings is 5. The van der Waals surface area contributed by atoms with Crippen molar-refractivity contribution in [2.75, 3.05) is 19.5 Å². The Morgan fingerprint density at radius 3 is 1.84 bits per heavy atom. The van der Waals surface area contributed by atoms with E-state index in [1.807, 2.05) is 97.1 Å². The standard InChI is InChI=1S/C40H35N3O6/c1-47-35-17-13-32(14-18-35)40(31-11-7-4-8-12-31,33-15-19-36(48-2)20-16-33)49-27-29-23-28(26-44)24-34(25-29)43-22-21-37(42-39(43)46)41-38(45)30-9-5-3-6-10-30/h3-25,44H,26-27H2,1-2H3,(H,41,42,45,46). The van der Waals surface area contributed by atoms with Crippen molar-refractivity contribution in [2.24, 2.45) is 0 Å². The molecule has 6 aromatic rings. The summed E-state index contributed by atoms with van der Waals surface area (Å²) in [5.74, 6) is 1.18. The Morgan fingerprint density at radius 1 is 0.735 bits per heavy atom. The van der Waals surface area contributed by atoms with Crippen molar-refractivity contribution >= 4 is 11.7 Å². The van der Waals surface area contributed by atoms with Crippen molar-refractivity contribution in [2.45, 2.75) is 18.8 Å². The number of rotatable bonds is 12. The molecule has 1 aromatic heterocycles. The summed E-state index contributed by atoms with van der Waals surface area (Å²) < 4.78 is 19.3. The van der Waals surface area contributed by atoms with E-state index in [-0.39, 0.29) is 24.9 Å². The van der Waals surface area contributed by atoms with Crippen LogP contribution in [-0.2, 0) is 23.6 Å². The molecule has 2 N–H and O–H groups in total. The van der Waals surface area contributed by atoms with Gasteiger partial charge >= 0.3 is 5.69 Å². The average molecular weight is 654 g/mol. The summed E-state index contributed by atoms with van der Waals surface area (Å²) in [6, 6.07) is 41.1. The van der Waals surface area contributed by atoms with E-state index in [4.69, 9.17) is 14.2 Å². The predicted octanol–water partition coefficient (Wildman–Crippen LogP) is 6.50. The molecule has 0 saturated heterocycles. The van der Waals surface area contributed by atoms with Crippen LogP contribution in [0.4, 0.5) is 5.82 Å². The first-order valence-corrected chi connectivity index (χ1v) is 15.6. The summed E-state index contributed by atoms with van der Waals surface area (Å²) >= 11 is 0. The Balaban J connectivity index is 1.38. The predicted molar refractivity (Wildman–Crippen MR) is 187 cm³/mol. The quantitative estimate of drug-likeness (QED) is 0.145. The van der Waals surface area contributed by atoms with Crippen LogP contribution in [0.3, 0.4) is 0 Å². The van der Waals surface area contributed by atoms with Crippen LogP contribution >= 0.6 is 0 Å². The number of anilines is 1. The van der Waals surface area contributed by atoms with E-state index in [1.54, 1.807) is 56.8 Å². The Bertz CT molecular complexity index is 2030. The van der Waals surface area contributed by atoms with Crippen molar-refractivity contribution < 1.29 is 24.1 Å². The fourth-order valence-corrected chi connectivity index (χ4v) is 5.77. The van der Waals surface area contributed by atoms with Gasteiger partial charge in [0.15, 0.2) is 0 Å². The number of methoxy groups -OCH3 is 2. The molecule has 0 unspecified atom stereocenters. The Morgan fingerprint density at radius 2 is 1.29 bits per heavy atom. The van der Waals surface area contributed by atoms with Crippen molar-refractivity contribution in [1.29, 1.82) is 0 Å². The third kappa shape index (κ3) is 7.13. The zero-order chi connectivity index (χ0) is 34.2. The molecule has 1 amide bonds. The minimum atomic E-state index is -1.06. The van der Waals surface area contributed by atoms with Gasteiger partial charge in [-0.1, -0.05) is 78.9 Å². The van der Waals surface area contributed by atoms with Gasteiger partial charge in [0.1, 0.15) is 22.9 Å². The molecule has 0 atom stereocenters. The normalized spacial score (nSPS) is 11.2. The van der Waals surface area contributed by atoms with E-state index < -0.39 is 11.3 Å². The summed E-state index contributed by atoms with van der Waals surface area (Å²) in [5, 5.41) is 12.9. The van der Waals surface area contributed by atoms with Gasteiger partial charge < -0.3 is 24.6 Å². The number of carbonyl (C=O) groups is 1. The van der Waals surface area contributed by atoms with E-state index in [9.17, 15) is 14.7 Å². The lowest BCUT2D eigenvalue weighted by molar-refractivity contribution is 0.000139. The molecule has 0 radical (unpaired) electrons. The Labute approximate surface area is 284 Å². The molecule has 6 rings (SSSR count). The van der Waals surface area contributed by atoms with Gasteiger partial charge in [-0.3, -0.25) is 9.36 Å². The lowest BCUT2D eigenvalue weighted by Crippen LogP contribution is -2.33. The number of nitrogens with zero attached hydrogens (tertiary/aromatic N) is 2. The van der Waals surface area contributed by atoms with Crippen LogP contribution in [0.15, 0.2) is 144 Å². The third-order valence-corrected chi connectivity index (χ3v) is 8.21. The summed E-state index contributed by atoms with van der Waals surface area (Å²) in [7, 11) is 3.25. The average Bonchev–Trinajstić information content (AvgIpc) is 3.16. The van der Waals surface area contributed by atoms with Crippen LogP contribution in [0.25, 0.3) is 5.69 Å². The minimum absolute atomic E-state index is 0.112. The summed E-state index contributed by atoms with van der Waals surface area (Å²) in [6.07, 6.45) is 1.54. The van der Waals surface area contributed by atoms with E-state index in [0.29, 0.717) is 28.3 Å². The van der Waals surface area contributed by atoms with Crippen LogP contribution in [0.5, 0.6) is 11.5 Å². The zero-order valence-electron chi connectivity index (χ0n) is 27.1. The van der Waals surface area contributed by atoms with Gasteiger partial charge in [-0.2, -0.15) is 4.98 Å². The molecule has 5 aromatic carbocycles. The highest BCUT2D eigenvalue weighted by Gasteiger charge is 2.38. The molecule has 1 heterocycles. The number of aliphatic hydroxyl groups excluding tert-OH is 1. The van der Waals surface area contributed by atoms with Gasteiger partial charge in [0, 0.05) is 11.8 Å². The molecule has 0 bridgehead atoms. The van der Waals surface area contributed by atoms with Crippen molar-refractivity contribution in [1.82, 2.24) is 9.55 Å². The summed E-state index contributed by atoms with van der Waals surface area (Å²) in [4.78, 5) is 29.9. The molecule has 49 heavy (non-hydrogen) atoms. The number of carbonyl (C=O) groups excluding carboxylic acids is 1. The van der Waals surface area contributed by atoms with Crippen LogP contribution in [-0.4, -0.2) is 34.8 Å². The number of aliphatic hydroxyl groups is 1. The smallest absolute Gasteiger partial charge is 0.354 e. The van der Waals surface area contributed by atoms with Crippen molar-refractivity contribution in [3.8, 4) is 17.2 Å². The molecule has 9 nitrogen and oxygen atoms in total. The second-order valence-corrected chi connectivity index (χ2v) is 11.2. The van der Waals surface area contributed by atoms with Gasteiger partial charge in [-0.05, 0) is 82.4 Å². The maximum atomic E-state index is 13.2. The Kier molecular flexibility index (Phi) is 9.94. The number of nitrogens with one attached hydrogen (secondary N) is 1. The number of ether oxygens (including phenoxy) is 3. The van der Waals surface area contributed by atoms with E-state index >= 15 is 0 Å². The number of hydrogen-bond donors (Lipinski definition) is 2. The fraction of sp³-hybridized carbons (Fsp3) is 0.125. The largest absolute Gasteiger partial charge is 0.497 e. The van der Waals surface area contributed by atoms with Crippen molar-refractivity contribution in [3.05, 3.63) is 184 Å². The molecule has 0 aliphatic carbocycles. The first kappa shape index (κ1) is 32.9. The lowest BCUT2D eigenvalue weighted by Gasteiger charge is -2.36. The highest BCUT2D eigenvalue weighted by atomic mass is 16.5. The minimum Gasteiger partial charge on any atom is -0.497 e. The van der Waals surface area contributed by atoms with E-state index in [2.05, 4.69) is 10.3 Å². The monoisotopic (exact) mass is 653 g/mol. The molecule has 9 heteroatoms. The Hall–Kier alpha value is -6.03. The third-order valence-electron chi connectivity index (χ3n) is 8.21. The molecule has 0 saturated carbocycles. The molecular formula is C40H35N3O6. The molecule has 0 fully saturated rings. The van der Waals surface area contributed by atoms with Gasteiger partial charge in [0.05, 0.1) is 33.1 Å². The number of amides is 1. The zero-order valence-corrected chi connectivity index (χ0v) is 27.1. The second kappa shape index (κ2) is 14.8. The second-order valence-electron chi connectivity index (χ2n) is 11.2. The molecule has 0 aliphatic heterocycles. The number of hydrogen-bond acceptors (Lipinski definition) is 7. The van der Waals surface area contributed by atoms with Crippen LogP contribution in [0.1, 0.15) is 38.2 Å². The maximum Gasteiger partial charge on any atom is 0.354 e. The fourth-order valence-electron chi connectivity index (χ4n) is 5.77. The first-order chi connectivity index (χ1) is 23.9. The number of aromatic nitrogens is 2. The maximum absolute atomic E-state index is 13.2. The SMILES string of the molecule is COc1ccc(C(OCc2cc(CO)cc(-n3ccc(NC(=O)c4ccccc4)nc3=O)c2)(c2ccccc2)c2ccc(OC)cc2)cc1. The van der Waals surface area contributed by atoms with Gasteiger partial charge in [-0.25, -0.2) is 4.79 Å². The van der Waals surface area contributed by atoms with E-state index in [0.717, 1.165) is 22.3 Å². The van der Waals surface area contributed by atoms with Gasteiger partial charge in [0.2, 0.25) is 0 Å². The molecule has 0 aliphatic rings. The van der Waals surface area contributed by atoms with Crippen LogP contribution in [0.2, 0.25) is 0 Å². The molecule has 0 spiro atoms. The highest BCUT2D eigenvalue weighted by Crippen LogP contribution is 2.42.